The zero-order valence-corrected chi connectivity index (χ0v) is 18.6. The number of hydrogen-bond donors (Lipinski definition) is 0. The Kier molecular flexibility index (Phi) is 4.87. The number of aryl methyl sites for hydroxylation is 2. The van der Waals surface area contributed by atoms with E-state index in [0.29, 0.717) is 21.5 Å². The smallest absolute Gasteiger partial charge is 0.271 e. The molecule has 0 aliphatic carbocycles. The molecule has 0 amide bonds. The van der Waals surface area contributed by atoms with Crippen molar-refractivity contribution < 1.29 is 4.92 Å². The number of hydrogen-bond acceptors (Lipinski definition) is 6. The van der Waals surface area contributed by atoms with Gasteiger partial charge in [0.1, 0.15) is 16.0 Å². The summed E-state index contributed by atoms with van der Waals surface area (Å²) in [4.78, 5) is 42.9. The Labute approximate surface area is 191 Å². The summed E-state index contributed by atoms with van der Waals surface area (Å²) >= 11 is 1.25. The van der Waals surface area contributed by atoms with Gasteiger partial charge >= 0.3 is 0 Å². The molecule has 0 radical (unpaired) electrons. The third-order valence-corrected chi connectivity index (χ3v) is 6.74. The highest BCUT2D eigenvalue weighted by atomic mass is 32.1. The lowest BCUT2D eigenvalue weighted by molar-refractivity contribution is -0.384. The Morgan fingerprint density at radius 1 is 0.939 bits per heavy atom. The van der Waals surface area contributed by atoms with Gasteiger partial charge in [0.05, 0.1) is 10.6 Å². The van der Waals surface area contributed by atoms with Gasteiger partial charge in [-0.3, -0.25) is 24.3 Å². The van der Waals surface area contributed by atoms with Gasteiger partial charge in [-0.15, -0.1) is 11.3 Å². The second kappa shape index (κ2) is 7.75. The predicted octanol–water partition coefficient (Wildman–Crippen LogP) is 5.15. The van der Waals surface area contributed by atoms with Gasteiger partial charge in [-0.05, 0) is 49.2 Å². The van der Waals surface area contributed by atoms with Gasteiger partial charge in [0, 0.05) is 27.8 Å². The van der Waals surface area contributed by atoms with Gasteiger partial charge in [-0.25, -0.2) is 4.98 Å². The van der Waals surface area contributed by atoms with Crippen LogP contribution in [0.5, 0.6) is 0 Å². The van der Waals surface area contributed by atoms with E-state index >= 15 is 0 Å². The summed E-state index contributed by atoms with van der Waals surface area (Å²) in [6, 6.07) is 18.6. The van der Waals surface area contributed by atoms with Gasteiger partial charge in [-0.2, -0.15) is 0 Å². The van der Waals surface area contributed by atoms with Crippen LogP contribution >= 0.6 is 11.3 Å². The molecule has 0 spiro atoms. The van der Waals surface area contributed by atoms with Gasteiger partial charge in [0.25, 0.3) is 11.2 Å². The average Bonchev–Trinajstić information content (AvgIpc) is 2.81. The minimum Gasteiger partial charge on any atom is -0.288 e. The van der Waals surface area contributed by atoms with Crippen LogP contribution in [0.1, 0.15) is 11.1 Å². The van der Waals surface area contributed by atoms with Crippen molar-refractivity contribution in [2.45, 2.75) is 13.8 Å². The number of aromatic nitrogens is 2. The van der Waals surface area contributed by atoms with E-state index in [9.17, 15) is 19.7 Å². The molecule has 0 aliphatic rings. The standard InChI is InChI=1S/C25H17N3O4S/c1-14-10-11-17(12-15(14)2)27-23(16-6-5-7-18(13-16)28(31)32)26-24-21(25(27)30)22(29)19-8-3-4-9-20(19)33-24/h3-13H,1-2H3. The molecule has 5 aromatic rings. The lowest BCUT2D eigenvalue weighted by Crippen LogP contribution is -2.26. The van der Waals surface area contributed by atoms with Crippen molar-refractivity contribution in [3.05, 3.63) is 109 Å². The van der Waals surface area contributed by atoms with Crippen LogP contribution in [0.3, 0.4) is 0 Å². The molecule has 2 aromatic heterocycles. The van der Waals surface area contributed by atoms with Gasteiger partial charge in [0.15, 0.2) is 0 Å². The molecule has 3 aromatic carbocycles. The van der Waals surface area contributed by atoms with Crippen molar-refractivity contribution in [1.29, 1.82) is 0 Å². The quantitative estimate of drug-likeness (QED) is 0.213. The molecule has 2 heterocycles. The highest BCUT2D eigenvalue weighted by Crippen LogP contribution is 2.28. The lowest BCUT2D eigenvalue weighted by Gasteiger charge is -2.15. The monoisotopic (exact) mass is 455 g/mol. The third kappa shape index (κ3) is 3.41. The number of benzene rings is 3. The first kappa shape index (κ1) is 20.7. The molecular formula is C25H17N3O4S. The molecule has 0 bridgehead atoms. The van der Waals surface area contributed by atoms with E-state index in [4.69, 9.17) is 4.98 Å². The molecule has 8 heteroatoms. The summed E-state index contributed by atoms with van der Waals surface area (Å²) in [5.74, 6) is 0.241. The fourth-order valence-corrected chi connectivity index (χ4v) is 4.85. The highest BCUT2D eigenvalue weighted by Gasteiger charge is 2.20. The largest absolute Gasteiger partial charge is 0.288 e. The van der Waals surface area contributed by atoms with Crippen LogP contribution < -0.4 is 11.0 Å². The van der Waals surface area contributed by atoms with Crippen LogP contribution in [0.25, 0.3) is 37.4 Å². The molecule has 0 saturated carbocycles. The molecular weight excluding hydrogens is 438 g/mol. The number of non-ortho nitro benzene ring substituents is 1. The predicted molar refractivity (Wildman–Crippen MR) is 131 cm³/mol. The molecule has 0 atom stereocenters. The summed E-state index contributed by atoms with van der Waals surface area (Å²) in [5.41, 5.74) is 1.98. The number of rotatable bonds is 3. The van der Waals surface area contributed by atoms with Crippen LogP contribution in [0.2, 0.25) is 0 Å². The summed E-state index contributed by atoms with van der Waals surface area (Å²) in [5, 5.41) is 11.8. The number of nitrogens with zero attached hydrogens (tertiary/aromatic N) is 3. The molecule has 0 unspecified atom stereocenters. The zero-order chi connectivity index (χ0) is 23.3. The van der Waals surface area contributed by atoms with E-state index in [0.717, 1.165) is 15.8 Å². The Morgan fingerprint density at radius 2 is 1.73 bits per heavy atom. The molecule has 0 N–H and O–H groups in total. The summed E-state index contributed by atoms with van der Waals surface area (Å²) < 4.78 is 2.09. The third-order valence-electron chi connectivity index (χ3n) is 5.68. The molecule has 33 heavy (non-hydrogen) atoms. The van der Waals surface area contributed by atoms with Gasteiger partial charge in [0.2, 0.25) is 5.43 Å². The molecule has 0 aliphatic heterocycles. The first-order valence-electron chi connectivity index (χ1n) is 10.2. The van der Waals surface area contributed by atoms with E-state index in [1.54, 1.807) is 30.3 Å². The number of nitro benzene ring substituents is 1. The molecule has 0 saturated heterocycles. The average molecular weight is 455 g/mol. The van der Waals surface area contributed by atoms with Crippen LogP contribution in [0, 0.1) is 24.0 Å². The Balaban J connectivity index is 1.95. The minimum atomic E-state index is -0.503. The van der Waals surface area contributed by atoms with Gasteiger partial charge < -0.3 is 0 Å². The summed E-state index contributed by atoms with van der Waals surface area (Å²) in [7, 11) is 0. The second-order valence-electron chi connectivity index (χ2n) is 7.76. The van der Waals surface area contributed by atoms with Crippen LogP contribution in [-0.4, -0.2) is 14.5 Å². The normalized spacial score (nSPS) is 11.2. The number of fused-ring (bicyclic) bond motifs is 2. The van der Waals surface area contributed by atoms with E-state index in [1.807, 2.05) is 38.1 Å². The Hall–Kier alpha value is -4.17. The maximum absolute atomic E-state index is 13.8. The summed E-state index contributed by atoms with van der Waals surface area (Å²) in [6.07, 6.45) is 0. The maximum atomic E-state index is 13.8. The maximum Gasteiger partial charge on any atom is 0.271 e. The van der Waals surface area contributed by atoms with Crippen molar-refractivity contribution in [2.24, 2.45) is 0 Å². The minimum absolute atomic E-state index is 0.00566. The highest BCUT2D eigenvalue weighted by molar-refractivity contribution is 7.24. The van der Waals surface area contributed by atoms with Crippen molar-refractivity contribution in [3.63, 3.8) is 0 Å². The second-order valence-corrected chi connectivity index (χ2v) is 8.79. The fourth-order valence-electron chi connectivity index (χ4n) is 3.81. The van der Waals surface area contributed by atoms with E-state index in [-0.39, 0.29) is 22.3 Å². The van der Waals surface area contributed by atoms with Crippen LogP contribution in [-0.2, 0) is 0 Å². The van der Waals surface area contributed by atoms with Crippen LogP contribution in [0.15, 0.2) is 76.3 Å². The van der Waals surface area contributed by atoms with E-state index in [1.165, 1.54) is 28.0 Å². The van der Waals surface area contributed by atoms with E-state index in [2.05, 4.69) is 0 Å². The topological polar surface area (TPSA) is 95.1 Å². The first-order valence-corrected chi connectivity index (χ1v) is 11.0. The summed E-state index contributed by atoms with van der Waals surface area (Å²) in [6.45, 7) is 3.89. The molecule has 7 nitrogen and oxygen atoms in total. The number of nitro groups is 1. The van der Waals surface area contributed by atoms with Crippen molar-refractivity contribution in [2.75, 3.05) is 0 Å². The zero-order valence-electron chi connectivity index (χ0n) is 17.7. The van der Waals surface area contributed by atoms with Gasteiger partial charge in [-0.1, -0.05) is 30.3 Å². The van der Waals surface area contributed by atoms with Crippen molar-refractivity contribution in [3.8, 4) is 17.1 Å². The van der Waals surface area contributed by atoms with E-state index < -0.39 is 10.5 Å². The Morgan fingerprint density at radius 3 is 2.48 bits per heavy atom. The van der Waals surface area contributed by atoms with Crippen LogP contribution in [0.4, 0.5) is 5.69 Å². The molecule has 5 rings (SSSR count). The fraction of sp³-hybridized carbons (Fsp3) is 0.0800. The van der Waals surface area contributed by atoms with Crippen molar-refractivity contribution in [1.82, 2.24) is 9.55 Å². The van der Waals surface area contributed by atoms with Crippen molar-refractivity contribution >= 4 is 37.3 Å². The SMILES string of the molecule is Cc1ccc(-n2c(-c3cccc([N+](=O)[O-])c3)nc3sc4ccccc4c(=O)c3c2=O)cc1C. The Bertz CT molecular complexity index is 1720. The molecule has 0 fully saturated rings. The lowest BCUT2D eigenvalue weighted by atomic mass is 10.1. The molecule has 162 valence electrons. The first-order chi connectivity index (χ1) is 15.8.